The van der Waals surface area contributed by atoms with Gasteiger partial charge < -0.3 is 19.5 Å². The Morgan fingerprint density at radius 2 is 1.56 bits per heavy atom. The van der Waals surface area contributed by atoms with E-state index in [1.165, 1.54) is 18.3 Å². The van der Waals surface area contributed by atoms with Crippen molar-refractivity contribution in [3.05, 3.63) is 52.9 Å². The van der Waals surface area contributed by atoms with E-state index in [9.17, 15) is 9.59 Å². The highest BCUT2D eigenvalue weighted by molar-refractivity contribution is 7.14. The monoisotopic (exact) mass is 483 g/mol. The average molecular weight is 484 g/mol. The molecule has 3 rings (SSSR count). The molecule has 0 aliphatic carbocycles. The van der Waals surface area contributed by atoms with E-state index in [2.05, 4.69) is 15.6 Å². The SMILES string of the molecule is CCOc1cc(C(=O)Nc2nc(-c3ccc(CNC(C)=O)cc3)cs2)cc(OCC)c1OCC. The highest BCUT2D eigenvalue weighted by atomic mass is 32.1. The van der Waals surface area contributed by atoms with Crippen LogP contribution in [0.4, 0.5) is 5.13 Å². The van der Waals surface area contributed by atoms with Crippen molar-refractivity contribution in [3.8, 4) is 28.5 Å². The predicted octanol–water partition coefficient (Wildman–Crippen LogP) is 4.89. The lowest BCUT2D eigenvalue weighted by Gasteiger charge is -2.16. The number of benzene rings is 2. The summed E-state index contributed by atoms with van der Waals surface area (Å²) in [5.41, 5.74) is 3.05. The summed E-state index contributed by atoms with van der Waals surface area (Å²) in [7, 11) is 0. The number of thiazole rings is 1. The van der Waals surface area contributed by atoms with Crippen molar-refractivity contribution < 1.29 is 23.8 Å². The second-order valence-corrected chi connectivity index (χ2v) is 8.06. The van der Waals surface area contributed by atoms with Crippen LogP contribution in [0, 0.1) is 0 Å². The molecule has 34 heavy (non-hydrogen) atoms. The molecule has 0 bridgehead atoms. The summed E-state index contributed by atoms with van der Waals surface area (Å²) in [5, 5.41) is 7.98. The van der Waals surface area contributed by atoms with Crippen molar-refractivity contribution in [2.75, 3.05) is 25.1 Å². The van der Waals surface area contributed by atoms with Crippen LogP contribution >= 0.6 is 11.3 Å². The highest BCUT2D eigenvalue weighted by Gasteiger charge is 2.19. The van der Waals surface area contributed by atoms with Crippen LogP contribution in [0.25, 0.3) is 11.3 Å². The van der Waals surface area contributed by atoms with Crippen molar-refractivity contribution in [3.63, 3.8) is 0 Å². The van der Waals surface area contributed by atoms with E-state index in [1.54, 1.807) is 12.1 Å². The maximum absolute atomic E-state index is 13.0. The van der Waals surface area contributed by atoms with E-state index < -0.39 is 0 Å². The number of amides is 2. The lowest BCUT2D eigenvalue weighted by molar-refractivity contribution is -0.119. The Labute approximate surface area is 203 Å². The largest absolute Gasteiger partial charge is 0.490 e. The van der Waals surface area contributed by atoms with Crippen LogP contribution in [-0.2, 0) is 11.3 Å². The van der Waals surface area contributed by atoms with Gasteiger partial charge in [0.05, 0.1) is 25.5 Å². The zero-order valence-electron chi connectivity index (χ0n) is 19.8. The van der Waals surface area contributed by atoms with Crippen LogP contribution in [0.5, 0.6) is 17.2 Å². The van der Waals surface area contributed by atoms with Crippen LogP contribution in [-0.4, -0.2) is 36.6 Å². The summed E-state index contributed by atoms with van der Waals surface area (Å²) in [6.45, 7) is 8.88. The van der Waals surface area contributed by atoms with E-state index in [-0.39, 0.29) is 11.8 Å². The van der Waals surface area contributed by atoms with E-state index in [4.69, 9.17) is 14.2 Å². The van der Waals surface area contributed by atoms with Crippen molar-refractivity contribution in [2.24, 2.45) is 0 Å². The van der Waals surface area contributed by atoms with Crippen LogP contribution in [0.1, 0.15) is 43.6 Å². The number of carbonyl (C=O) groups is 2. The van der Waals surface area contributed by atoms with Gasteiger partial charge in [-0.1, -0.05) is 24.3 Å². The summed E-state index contributed by atoms with van der Waals surface area (Å²) in [6.07, 6.45) is 0. The molecule has 1 heterocycles. The molecule has 3 aromatic rings. The summed E-state index contributed by atoms with van der Waals surface area (Å²) >= 11 is 1.34. The Balaban J connectivity index is 1.76. The molecule has 0 saturated heterocycles. The van der Waals surface area contributed by atoms with Gasteiger partial charge in [-0.15, -0.1) is 11.3 Å². The fourth-order valence-electron chi connectivity index (χ4n) is 3.17. The van der Waals surface area contributed by atoms with Crippen molar-refractivity contribution in [2.45, 2.75) is 34.2 Å². The Kier molecular flexibility index (Phi) is 8.86. The zero-order valence-corrected chi connectivity index (χ0v) is 20.6. The molecular formula is C25H29N3O5S. The standard InChI is InChI=1S/C25H29N3O5S/c1-5-31-21-12-19(13-22(32-6-2)23(21)33-7-3)24(30)28-25-27-20(15-34-25)18-10-8-17(9-11-18)14-26-16(4)29/h8-13,15H,5-7,14H2,1-4H3,(H,26,29)(H,27,28,30). The molecule has 0 fully saturated rings. The van der Waals surface area contributed by atoms with Gasteiger partial charge in [0.15, 0.2) is 16.6 Å². The molecule has 8 nitrogen and oxygen atoms in total. The Morgan fingerprint density at radius 3 is 2.12 bits per heavy atom. The highest BCUT2D eigenvalue weighted by Crippen LogP contribution is 2.39. The molecular weight excluding hydrogens is 454 g/mol. The number of nitrogens with one attached hydrogen (secondary N) is 2. The first-order valence-electron chi connectivity index (χ1n) is 11.1. The quantitative estimate of drug-likeness (QED) is 0.403. The molecule has 0 radical (unpaired) electrons. The van der Waals surface area contributed by atoms with E-state index in [0.29, 0.717) is 54.3 Å². The lowest BCUT2D eigenvalue weighted by Crippen LogP contribution is -2.18. The number of ether oxygens (including phenoxy) is 3. The molecule has 1 aromatic heterocycles. The van der Waals surface area contributed by atoms with Gasteiger partial charge in [-0.2, -0.15) is 0 Å². The number of rotatable bonds is 11. The number of hydrogen-bond donors (Lipinski definition) is 2. The second-order valence-electron chi connectivity index (χ2n) is 7.20. The van der Waals surface area contributed by atoms with Crippen LogP contribution < -0.4 is 24.8 Å². The number of hydrogen-bond acceptors (Lipinski definition) is 7. The summed E-state index contributed by atoms with van der Waals surface area (Å²) < 4.78 is 17.1. The molecule has 0 aliphatic rings. The van der Waals surface area contributed by atoms with Gasteiger partial charge in [-0.3, -0.25) is 14.9 Å². The van der Waals surface area contributed by atoms with Crippen molar-refractivity contribution in [1.82, 2.24) is 10.3 Å². The number of aromatic nitrogens is 1. The zero-order chi connectivity index (χ0) is 24.5. The smallest absolute Gasteiger partial charge is 0.257 e. The lowest BCUT2D eigenvalue weighted by atomic mass is 10.1. The minimum Gasteiger partial charge on any atom is -0.490 e. The minimum absolute atomic E-state index is 0.0711. The van der Waals surface area contributed by atoms with E-state index in [0.717, 1.165) is 16.8 Å². The first-order chi connectivity index (χ1) is 16.4. The summed E-state index contributed by atoms with van der Waals surface area (Å²) in [4.78, 5) is 28.6. The topological polar surface area (TPSA) is 98.8 Å². The minimum atomic E-state index is -0.323. The number of anilines is 1. The Hall–Kier alpha value is -3.59. The van der Waals surface area contributed by atoms with Crippen LogP contribution in [0.2, 0.25) is 0 Å². The average Bonchev–Trinajstić information content (AvgIpc) is 3.28. The molecule has 0 atom stereocenters. The third-order valence-electron chi connectivity index (χ3n) is 4.69. The van der Waals surface area contributed by atoms with Gasteiger partial charge in [0.25, 0.3) is 5.91 Å². The molecule has 2 amide bonds. The van der Waals surface area contributed by atoms with Crippen molar-refractivity contribution >= 4 is 28.3 Å². The third-order valence-corrected chi connectivity index (χ3v) is 5.44. The molecule has 180 valence electrons. The van der Waals surface area contributed by atoms with Crippen LogP contribution in [0.3, 0.4) is 0 Å². The maximum atomic E-state index is 13.0. The molecule has 0 spiro atoms. The fraction of sp³-hybridized carbons (Fsp3) is 0.320. The molecule has 0 aliphatic heterocycles. The van der Waals surface area contributed by atoms with Gasteiger partial charge in [-0.25, -0.2) is 4.98 Å². The predicted molar refractivity (Wildman–Crippen MR) is 133 cm³/mol. The summed E-state index contributed by atoms with van der Waals surface area (Å²) in [5.74, 6) is 1.01. The van der Waals surface area contributed by atoms with Gasteiger partial charge in [-0.05, 0) is 38.5 Å². The molecule has 0 saturated carbocycles. The van der Waals surface area contributed by atoms with Gasteiger partial charge in [0, 0.05) is 30.0 Å². The third kappa shape index (κ3) is 6.48. The van der Waals surface area contributed by atoms with E-state index in [1.807, 2.05) is 50.4 Å². The van der Waals surface area contributed by atoms with E-state index >= 15 is 0 Å². The van der Waals surface area contributed by atoms with Crippen LogP contribution in [0.15, 0.2) is 41.8 Å². The molecule has 0 unspecified atom stereocenters. The van der Waals surface area contributed by atoms with Gasteiger partial charge in [0.1, 0.15) is 0 Å². The van der Waals surface area contributed by atoms with Crippen molar-refractivity contribution in [1.29, 1.82) is 0 Å². The second kappa shape index (κ2) is 12.0. The fourth-order valence-corrected chi connectivity index (χ4v) is 3.89. The first-order valence-corrected chi connectivity index (χ1v) is 12.0. The molecule has 9 heteroatoms. The van der Waals surface area contributed by atoms with Gasteiger partial charge in [0.2, 0.25) is 11.7 Å². The number of carbonyl (C=O) groups excluding carboxylic acids is 2. The Bertz CT molecular complexity index is 1100. The maximum Gasteiger partial charge on any atom is 0.257 e. The van der Waals surface area contributed by atoms with Gasteiger partial charge >= 0.3 is 0 Å². The first kappa shape index (κ1) is 25.0. The molecule has 2 N–H and O–H groups in total. The Morgan fingerprint density at radius 1 is 0.941 bits per heavy atom. The normalized spacial score (nSPS) is 10.5. The number of nitrogens with zero attached hydrogens (tertiary/aromatic N) is 1. The summed E-state index contributed by atoms with van der Waals surface area (Å²) in [6, 6.07) is 11.0. The molecule has 2 aromatic carbocycles.